The maximum Gasteiger partial charge on any atom is 0.0929 e. The topological polar surface area (TPSA) is 20.2 Å². The summed E-state index contributed by atoms with van der Waals surface area (Å²) in [5, 5.41) is 9.38. The molecule has 0 saturated heterocycles. The van der Waals surface area contributed by atoms with Gasteiger partial charge in [0.05, 0.1) is 6.10 Å². The predicted molar refractivity (Wildman–Crippen MR) is 54.0 cm³/mol. The molecule has 0 rings (SSSR count). The number of hydrogen-bond acceptors (Lipinski definition) is 1. The van der Waals surface area contributed by atoms with Crippen LogP contribution in [0, 0.1) is 5.92 Å². The molecule has 12 heavy (non-hydrogen) atoms. The van der Waals surface area contributed by atoms with Gasteiger partial charge in [0.1, 0.15) is 0 Å². The molecular weight excluding hydrogens is 148 g/mol. The van der Waals surface area contributed by atoms with Gasteiger partial charge in [-0.25, -0.2) is 0 Å². The van der Waals surface area contributed by atoms with Crippen LogP contribution in [-0.4, -0.2) is 11.2 Å². The smallest absolute Gasteiger partial charge is 0.0929 e. The van der Waals surface area contributed by atoms with Gasteiger partial charge in [-0.3, -0.25) is 0 Å². The highest BCUT2D eigenvalue weighted by atomic mass is 16.3. The van der Waals surface area contributed by atoms with Crippen LogP contribution in [0.2, 0.25) is 0 Å². The largest absolute Gasteiger partial charge is 0.385 e. The van der Waals surface area contributed by atoms with Crippen molar-refractivity contribution in [1.29, 1.82) is 0 Å². The molecule has 1 heteroatoms. The van der Waals surface area contributed by atoms with Gasteiger partial charge < -0.3 is 5.11 Å². The fourth-order valence-electron chi connectivity index (χ4n) is 1.14. The summed E-state index contributed by atoms with van der Waals surface area (Å²) in [4.78, 5) is 0. The second-order valence-electron chi connectivity index (χ2n) is 3.30. The fraction of sp³-hybridized carbons (Fsp3) is 0.636. The first-order chi connectivity index (χ1) is 5.63. The van der Waals surface area contributed by atoms with E-state index in [2.05, 4.69) is 27.0 Å². The van der Waals surface area contributed by atoms with Crippen molar-refractivity contribution in [2.45, 2.75) is 39.2 Å². The van der Waals surface area contributed by atoms with Crippen LogP contribution in [0.15, 0.2) is 24.8 Å². The lowest BCUT2D eigenvalue weighted by atomic mass is 9.93. The van der Waals surface area contributed by atoms with Crippen LogP contribution in [0.1, 0.15) is 33.1 Å². The van der Waals surface area contributed by atoms with Crippen LogP contribution in [0.25, 0.3) is 0 Å². The zero-order chi connectivity index (χ0) is 9.56. The highest BCUT2D eigenvalue weighted by Crippen LogP contribution is 2.19. The summed E-state index contributed by atoms with van der Waals surface area (Å²) in [6, 6.07) is 0. The van der Waals surface area contributed by atoms with Crippen LogP contribution >= 0.6 is 0 Å². The molecule has 0 aromatic heterocycles. The molecule has 0 spiro atoms. The first-order valence-corrected chi connectivity index (χ1v) is 4.62. The number of unbranched alkanes of at least 4 members (excludes halogenated alkanes) is 1. The first-order valence-electron chi connectivity index (χ1n) is 4.62. The van der Waals surface area contributed by atoms with E-state index >= 15 is 0 Å². The third-order valence-corrected chi connectivity index (χ3v) is 2.23. The number of hydrogen-bond donors (Lipinski definition) is 1. The average Bonchev–Trinajstić information content (AvgIpc) is 2.11. The lowest BCUT2D eigenvalue weighted by Gasteiger charge is -2.16. The van der Waals surface area contributed by atoms with Crippen molar-refractivity contribution in [2.75, 3.05) is 0 Å². The molecule has 0 aliphatic rings. The minimum Gasteiger partial charge on any atom is -0.385 e. The maximum atomic E-state index is 9.38. The Morgan fingerprint density at radius 1 is 1.58 bits per heavy atom. The van der Waals surface area contributed by atoms with Gasteiger partial charge in [0.15, 0.2) is 0 Å². The Morgan fingerprint density at radius 2 is 2.17 bits per heavy atom. The van der Waals surface area contributed by atoms with E-state index in [9.17, 15) is 5.11 Å². The van der Waals surface area contributed by atoms with E-state index in [0.29, 0.717) is 5.92 Å². The normalized spacial score (nSPS) is 15.2. The van der Waals surface area contributed by atoms with Crippen LogP contribution in [0.5, 0.6) is 0 Å². The molecule has 0 fully saturated rings. The van der Waals surface area contributed by atoms with E-state index in [-0.39, 0.29) is 0 Å². The summed E-state index contributed by atoms with van der Waals surface area (Å²) in [6.07, 6.45) is 4.51. The molecule has 0 radical (unpaired) electrons. The van der Waals surface area contributed by atoms with Crippen molar-refractivity contribution >= 4 is 0 Å². The Bertz CT molecular complexity index is 149. The SMILES string of the molecule is C=CC(O)C(=C)C(C)CCCC. The van der Waals surface area contributed by atoms with E-state index in [1.807, 2.05) is 0 Å². The maximum absolute atomic E-state index is 9.38. The van der Waals surface area contributed by atoms with Gasteiger partial charge in [-0.2, -0.15) is 0 Å². The van der Waals surface area contributed by atoms with E-state index in [1.54, 1.807) is 0 Å². The molecule has 70 valence electrons. The van der Waals surface area contributed by atoms with Gasteiger partial charge in [0.2, 0.25) is 0 Å². The van der Waals surface area contributed by atoms with E-state index in [1.165, 1.54) is 18.9 Å². The van der Waals surface area contributed by atoms with E-state index < -0.39 is 6.10 Å². The molecule has 0 aromatic carbocycles. The standard InChI is InChI=1S/C11H20O/c1-5-7-8-9(3)10(4)11(12)6-2/h6,9,11-12H,2,4-5,7-8H2,1,3H3. The summed E-state index contributed by atoms with van der Waals surface area (Å²) in [7, 11) is 0. The van der Waals surface area contributed by atoms with Crippen molar-refractivity contribution in [3.05, 3.63) is 24.8 Å². The van der Waals surface area contributed by atoms with Crippen molar-refractivity contribution in [2.24, 2.45) is 5.92 Å². The zero-order valence-corrected chi connectivity index (χ0v) is 8.21. The second kappa shape index (κ2) is 6.01. The number of aliphatic hydroxyl groups excluding tert-OH is 1. The molecule has 1 N–H and O–H groups in total. The second-order valence-corrected chi connectivity index (χ2v) is 3.30. The highest BCUT2D eigenvalue weighted by molar-refractivity contribution is 5.11. The van der Waals surface area contributed by atoms with Gasteiger partial charge >= 0.3 is 0 Å². The summed E-state index contributed by atoms with van der Waals surface area (Å²) in [5.41, 5.74) is 0.887. The van der Waals surface area contributed by atoms with Crippen LogP contribution in [0.3, 0.4) is 0 Å². The van der Waals surface area contributed by atoms with Crippen molar-refractivity contribution in [3.8, 4) is 0 Å². The Balaban J connectivity index is 3.83. The van der Waals surface area contributed by atoms with Crippen molar-refractivity contribution < 1.29 is 5.11 Å². The van der Waals surface area contributed by atoms with Crippen LogP contribution < -0.4 is 0 Å². The van der Waals surface area contributed by atoms with Crippen molar-refractivity contribution in [3.63, 3.8) is 0 Å². The molecule has 0 amide bonds. The molecule has 0 saturated carbocycles. The molecular formula is C11H20O. The first kappa shape index (κ1) is 11.4. The summed E-state index contributed by atoms with van der Waals surface area (Å²) in [5.74, 6) is 0.401. The number of rotatable bonds is 6. The molecule has 2 unspecified atom stereocenters. The minimum absolute atomic E-state index is 0.401. The lowest BCUT2D eigenvalue weighted by molar-refractivity contribution is 0.244. The van der Waals surface area contributed by atoms with Gasteiger partial charge in [-0.1, -0.05) is 39.3 Å². The lowest BCUT2D eigenvalue weighted by Crippen LogP contribution is -2.12. The van der Waals surface area contributed by atoms with Gasteiger partial charge in [0, 0.05) is 0 Å². The Labute approximate surface area is 75.8 Å². The van der Waals surface area contributed by atoms with Crippen LogP contribution in [0.4, 0.5) is 0 Å². The predicted octanol–water partition coefficient (Wildman–Crippen LogP) is 2.92. The van der Waals surface area contributed by atoms with E-state index in [4.69, 9.17) is 0 Å². The third-order valence-electron chi connectivity index (χ3n) is 2.23. The molecule has 1 nitrogen and oxygen atoms in total. The minimum atomic E-state index is -0.531. The molecule has 0 bridgehead atoms. The molecule has 0 aliphatic carbocycles. The Morgan fingerprint density at radius 3 is 2.58 bits per heavy atom. The summed E-state index contributed by atoms with van der Waals surface area (Å²) < 4.78 is 0. The zero-order valence-electron chi connectivity index (χ0n) is 8.21. The Kier molecular flexibility index (Phi) is 5.73. The quantitative estimate of drug-likeness (QED) is 0.605. The average molecular weight is 168 g/mol. The van der Waals surface area contributed by atoms with Gasteiger partial charge in [0.25, 0.3) is 0 Å². The van der Waals surface area contributed by atoms with Gasteiger partial charge in [-0.15, -0.1) is 6.58 Å². The van der Waals surface area contributed by atoms with E-state index in [0.717, 1.165) is 12.0 Å². The Hall–Kier alpha value is -0.560. The molecule has 0 heterocycles. The van der Waals surface area contributed by atoms with Gasteiger partial charge in [-0.05, 0) is 17.9 Å². The molecule has 0 aliphatic heterocycles. The summed E-state index contributed by atoms with van der Waals surface area (Å²) >= 11 is 0. The van der Waals surface area contributed by atoms with Crippen molar-refractivity contribution in [1.82, 2.24) is 0 Å². The molecule has 2 atom stereocenters. The highest BCUT2D eigenvalue weighted by Gasteiger charge is 2.11. The summed E-state index contributed by atoms with van der Waals surface area (Å²) in [6.45, 7) is 11.7. The third kappa shape index (κ3) is 3.72. The monoisotopic (exact) mass is 168 g/mol. The fourth-order valence-corrected chi connectivity index (χ4v) is 1.14. The number of aliphatic hydroxyl groups is 1. The van der Waals surface area contributed by atoms with Crippen LogP contribution in [-0.2, 0) is 0 Å². The molecule has 0 aromatic rings.